The van der Waals surface area contributed by atoms with Gasteiger partial charge in [0.05, 0.1) is 11.8 Å². The molecule has 1 fully saturated rings. The molecular weight excluding hydrogens is 242 g/mol. The molecule has 0 bridgehead atoms. The number of carbonyl (C=O) groups excluding carboxylic acids is 1. The van der Waals surface area contributed by atoms with Crippen molar-refractivity contribution in [2.75, 3.05) is 18.4 Å². The van der Waals surface area contributed by atoms with Crippen LogP contribution in [-0.4, -0.2) is 40.2 Å². The number of aliphatic hydroxyl groups is 1. The molecular formula is C14H17N3O2. The zero-order valence-corrected chi connectivity index (χ0v) is 10.8. The summed E-state index contributed by atoms with van der Waals surface area (Å²) >= 11 is 0. The van der Waals surface area contributed by atoms with Gasteiger partial charge in [-0.3, -0.25) is 0 Å². The smallest absolute Gasteiger partial charge is 0.321 e. The Kier molecular flexibility index (Phi) is 2.91. The third-order valence-electron chi connectivity index (χ3n) is 3.70. The predicted molar refractivity (Wildman–Crippen MR) is 74.1 cm³/mol. The number of nitrogens with zero attached hydrogens (tertiary/aromatic N) is 1. The number of aromatic amines is 1. The largest absolute Gasteiger partial charge is 0.391 e. The number of hydrogen-bond donors (Lipinski definition) is 3. The summed E-state index contributed by atoms with van der Waals surface area (Å²) in [7, 11) is 0. The number of benzene rings is 1. The fraction of sp³-hybridized carbons (Fsp3) is 0.357. The van der Waals surface area contributed by atoms with Crippen molar-refractivity contribution in [1.29, 1.82) is 0 Å². The highest BCUT2D eigenvalue weighted by molar-refractivity contribution is 6.00. The lowest BCUT2D eigenvalue weighted by Gasteiger charge is -2.17. The molecule has 5 heteroatoms. The highest BCUT2D eigenvalue weighted by Gasteiger charge is 2.30. The summed E-state index contributed by atoms with van der Waals surface area (Å²) in [6.07, 6.45) is 1.43. The van der Waals surface area contributed by atoms with Crippen molar-refractivity contribution in [2.45, 2.75) is 13.0 Å². The monoisotopic (exact) mass is 259 g/mol. The van der Waals surface area contributed by atoms with Crippen LogP contribution in [0.4, 0.5) is 10.5 Å². The van der Waals surface area contributed by atoms with Gasteiger partial charge in [0.2, 0.25) is 0 Å². The van der Waals surface area contributed by atoms with E-state index in [1.165, 1.54) is 0 Å². The summed E-state index contributed by atoms with van der Waals surface area (Å²) in [6.45, 7) is 2.94. The normalized spacial score (nSPS) is 22.9. The van der Waals surface area contributed by atoms with E-state index in [0.717, 1.165) is 16.6 Å². The molecule has 100 valence electrons. The van der Waals surface area contributed by atoms with Gasteiger partial charge >= 0.3 is 6.03 Å². The van der Waals surface area contributed by atoms with Gasteiger partial charge < -0.3 is 20.3 Å². The summed E-state index contributed by atoms with van der Waals surface area (Å²) in [5, 5.41) is 13.6. The van der Waals surface area contributed by atoms with Gasteiger partial charge in [0.25, 0.3) is 0 Å². The lowest BCUT2D eigenvalue weighted by molar-refractivity contribution is 0.150. The number of anilines is 1. The maximum atomic E-state index is 12.2. The third-order valence-corrected chi connectivity index (χ3v) is 3.70. The second kappa shape index (κ2) is 4.59. The number of aliphatic hydroxyl groups excluding tert-OH is 1. The van der Waals surface area contributed by atoms with Gasteiger partial charge in [-0.1, -0.05) is 13.0 Å². The first-order valence-corrected chi connectivity index (χ1v) is 6.45. The van der Waals surface area contributed by atoms with Gasteiger partial charge in [-0.05, 0) is 18.2 Å². The maximum absolute atomic E-state index is 12.2. The number of hydrogen-bond acceptors (Lipinski definition) is 2. The van der Waals surface area contributed by atoms with E-state index in [-0.39, 0.29) is 11.9 Å². The SMILES string of the molecule is C[C@@H]1CN(C(=O)Nc2cccc3[nH]ccc23)C[C@H]1O. The number of aromatic nitrogens is 1. The Balaban J connectivity index is 1.78. The number of urea groups is 1. The van der Waals surface area contributed by atoms with E-state index in [0.29, 0.717) is 13.1 Å². The van der Waals surface area contributed by atoms with Crippen LogP contribution in [0.1, 0.15) is 6.92 Å². The van der Waals surface area contributed by atoms with Crippen LogP contribution < -0.4 is 5.32 Å². The van der Waals surface area contributed by atoms with Crippen LogP contribution in [0, 0.1) is 5.92 Å². The minimum atomic E-state index is -0.422. The first-order chi connectivity index (χ1) is 9.15. The van der Waals surface area contributed by atoms with Crippen molar-refractivity contribution in [3.05, 3.63) is 30.5 Å². The van der Waals surface area contributed by atoms with Crippen LogP contribution in [-0.2, 0) is 0 Å². The average molecular weight is 259 g/mol. The summed E-state index contributed by atoms with van der Waals surface area (Å²) in [6, 6.07) is 7.52. The van der Waals surface area contributed by atoms with Crippen LogP contribution in [0.25, 0.3) is 10.9 Å². The Bertz CT molecular complexity index is 598. The number of nitrogens with one attached hydrogen (secondary N) is 2. The van der Waals surface area contributed by atoms with Gasteiger partial charge in [0.1, 0.15) is 0 Å². The summed E-state index contributed by atoms with van der Waals surface area (Å²) in [5.74, 6) is 0.133. The average Bonchev–Trinajstić information content (AvgIpc) is 2.98. The number of likely N-dealkylation sites (tertiary alicyclic amines) is 1. The number of H-pyrrole nitrogens is 1. The van der Waals surface area contributed by atoms with Gasteiger partial charge in [-0.2, -0.15) is 0 Å². The van der Waals surface area contributed by atoms with E-state index in [2.05, 4.69) is 10.3 Å². The molecule has 0 saturated carbocycles. The van der Waals surface area contributed by atoms with Crippen molar-refractivity contribution >= 4 is 22.6 Å². The molecule has 1 aromatic heterocycles. The minimum Gasteiger partial charge on any atom is -0.391 e. The lowest BCUT2D eigenvalue weighted by Crippen LogP contribution is -2.33. The molecule has 0 unspecified atom stereocenters. The van der Waals surface area contributed by atoms with Crippen LogP contribution in [0.15, 0.2) is 30.5 Å². The molecule has 5 nitrogen and oxygen atoms in total. The molecule has 1 aromatic carbocycles. The van der Waals surface area contributed by atoms with Crippen LogP contribution in [0.5, 0.6) is 0 Å². The fourth-order valence-corrected chi connectivity index (χ4v) is 2.50. The molecule has 0 aliphatic carbocycles. The van der Waals surface area contributed by atoms with Gasteiger partial charge in [-0.25, -0.2) is 4.79 Å². The molecule has 2 aromatic rings. The molecule has 3 N–H and O–H groups in total. The zero-order chi connectivity index (χ0) is 13.4. The molecule has 2 atom stereocenters. The quantitative estimate of drug-likeness (QED) is 0.733. The van der Waals surface area contributed by atoms with Crippen molar-refractivity contribution in [3.63, 3.8) is 0 Å². The molecule has 1 saturated heterocycles. The molecule has 0 spiro atoms. The molecule has 3 rings (SSSR count). The molecule has 1 aliphatic heterocycles. The van der Waals surface area contributed by atoms with E-state index in [1.54, 1.807) is 4.90 Å². The minimum absolute atomic E-state index is 0.133. The van der Waals surface area contributed by atoms with Crippen LogP contribution >= 0.6 is 0 Å². The van der Waals surface area contributed by atoms with Crippen LogP contribution in [0.3, 0.4) is 0 Å². The zero-order valence-electron chi connectivity index (χ0n) is 10.8. The molecule has 19 heavy (non-hydrogen) atoms. The maximum Gasteiger partial charge on any atom is 0.321 e. The number of β-amino-alcohol motifs (C(OH)–C–C–N with tert-alkyl or cyclic N) is 1. The Morgan fingerprint density at radius 3 is 3.00 bits per heavy atom. The lowest BCUT2D eigenvalue weighted by atomic mass is 10.1. The van der Waals surface area contributed by atoms with E-state index in [1.807, 2.05) is 37.4 Å². The number of rotatable bonds is 1. The number of carbonyl (C=O) groups is 1. The topological polar surface area (TPSA) is 68.4 Å². The van der Waals surface area contributed by atoms with Crippen molar-refractivity contribution in [2.24, 2.45) is 5.92 Å². The van der Waals surface area contributed by atoms with Gasteiger partial charge in [0.15, 0.2) is 0 Å². The summed E-state index contributed by atoms with van der Waals surface area (Å²) in [5.41, 5.74) is 1.78. The van der Waals surface area contributed by atoms with Crippen molar-refractivity contribution < 1.29 is 9.90 Å². The van der Waals surface area contributed by atoms with E-state index >= 15 is 0 Å². The third kappa shape index (κ3) is 2.17. The number of fused-ring (bicyclic) bond motifs is 1. The van der Waals surface area contributed by atoms with E-state index in [9.17, 15) is 9.90 Å². The Hall–Kier alpha value is -2.01. The Labute approximate surface area is 111 Å². The van der Waals surface area contributed by atoms with Crippen molar-refractivity contribution in [1.82, 2.24) is 9.88 Å². The van der Waals surface area contributed by atoms with E-state index < -0.39 is 6.10 Å². The van der Waals surface area contributed by atoms with Crippen LogP contribution in [0.2, 0.25) is 0 Å². The summed E-state index contributed by atoms with van der Waals surface area (Å²) < 4.78 is 0. The van der Waals surface area contributed by atoms with Gasteiger partial charge in [0, 0.05) is 36.1 Å². The second-order valence-corrected chi connectivity index (χ2v) is 5.12. The standard InChI is InChI=1S/C14H17N3O2/c1-9-7-17(8-13(9)18)14(19)16-12-4-2-3-11-10(12)5-6-15-11/h2-6,9,13,15,18H,7-8H2,1H3,(H,16,19)/t9-,13-/m1/s1. The predicted octanol–water partition coefficient (Wildman–Crippen LogP) is 2.01. The molecule has 2 heterocycles. The van der Waals surface area contributed by atoms with E-state index in [4.69, 9.17) is 0 Å². The molecule has 2 amide bonds. The van der Waals surface area contributed by atoms with Crippen molar-refractivity contribution in [3.8, 4) is 0 Å². The molecule has 0 radical (unpaired) electrons. The first-order valence-electron chi connectivity index (χ1n) is 6.45. The Morgan fingerprint density at radius 2 is 2.26 bits per heavy atom. The number of amides is 2. The Morgan fingerprint density at radius 1 is 1.42 bits per heavy atom. The fourth-order valence-electron chi connectivity index (χ4n) is 2.50. The highest BCUT2D eigenvalue weighted by atomic mass is 16.3. The highest BCUT2D eigenvalue weighted by Crippen LogP contribution is 2.23. The summed E-state index contributed by atoms with van der Waals surface area (Å²) in [4.78, 5) is 16.9. The molecule has 1 aliphatic rings. The second-order valence-electron chi connectivity index (χ2n) is 5.12. The van der Waals surface area contributed by atoms with Gasteiger partial charge in [-0.15, -0.1) is 0 Å². The first kappa shape index (κ1) is 12.0.